The van der Waals surface area contributed by atoms with Crippen molar-refractivity contribution in [1.29, 1.82) is 0 Å². The molecule has 14 heteroatoms. The fraction of sp³-hybridized carbons (Fsp3) is 0.636. The number of hydrogen-bond acceptors (Lipinski definition) is 7. The molecule has 3 N–H and O–H groups in total. The van der Waals surface area contributed by atoms with Gasteiger partial charge in [0, 0.05) is 23.1 Å². The minimum atomic E-state index is -4.73. The first-order valence-corrected chi connectivity index (χ1v) is 8.54. The summed E-state index contributed by atoms with van der Waals surface area (Å²) in [6.45, 7) is 0.676. The van der Waals surface area contributed by atoms with Gasteiger partial charge in [-0.1, -0.05) is 5.11 Å². The van der Waals surface area contributed by atoms with Gasteiger partial charge in [0.1, 0.15) is 19.1 Å². The Morgan fingerprint density at radius 1 is 1.56 bits per heavy atom. The van der Waals surface area contributed by atoms with Crippen molar-refractivity contribution in [2.45, 2.75) is 31.8 Å². The highest BCUT2D eigenvalue weighted by Gasteiger charge is 2.38. The highest BCUT2D eigenvalue weighted by atomic mass is 31.2. The normalized spacial score (nSPS) is 23.4. The second-order valence-electron chi connectivity index (χ2n) is 5.19. The van der Waals surface area contributed by atoms with Gasteiger partial charge in [0.25, 0.3) is 5.56 Å². The third-order valence-electron chi connectivity index (χ3n) is 3.45. The number of phosphoric acid groups is 1. The molecule has 0 saturated carbocycles. The zero-order chi connectivity index (χ0) is 18.6. The van der Waals surface area contributed by atoms with Crippen LogP contribution in [0.15, 0.2) is 20.9 Å². The number of rotatable bonds is 7. The molecule has 0 radical (unpaired) electrons. The molecule has 13 nitrogen and oxygen atoms in total. The van der Waals surface area contributed by atoms with Crippen molar-refractivity contribution >= 4 is 7.82 Å². The molecule has 0 aromatic carbocycles. The first-order valence-electron chi connectivity index (χ1n) is 7.01. The number of aryl methyl sites for hydroxylation is 1. The van der Waals surface area contributed by atoms with Crippen LogP contribution < -0.4 is 11.2 Å². The molecular weight excluding hydrogens is 361 g/mol. The quantitative estimate of drug-likeness (QED) is 0.254. The summed E-state index contributed by atoms with van der Waals surface area (Å²) >= 11 is 0. The van der Waals surface area contributed by atoms with Crippen LogP contribution in [0.1, 0.15) is 18.2 Å². The molecule has 2 heterocycles. The van der Waals surface area contributed by atoms with Crippen LogP contribution >= 0.6 is 7.82 Å². The Balaban J connectivity index is 2.20. The first-order chi connectivity index (χ1) is 11.7. The molecule has 0 bridgehead atoms. The van der Waals surface area contributed by atoms with Crippen LogP contribution in [0.25, 0.3) is 10.4 Å². The van der Waals surface area contributed by atoms with Crippen molar-refractivity contribution < 1.29 is 28.3 Å². The number of aromatic nitrogens is 2. The maximum atomic E-state index is 11.9. The fourth-order valence-electron chi connectivity index (χ4n) is 2.32. The van der Waals surface area contributed by atoms with Gasteiger partial charge in [0.05, 0.1) is 12.7 Å². The molecule has 1 aliphatic heterocycles. The van der Waals surface area contributed by atoms with E-state index in [2.05, 4.69) is 19.5 Å². The van der Waals surface area contributed by atoms with Crippen LogP contribution in [0.5, 0.6) is 0 Å². The van der Waals surface area contributed by atoms with Gasteiger partial charge in [-0.3, -0.25) is 18.9 Å². The number of H-pyrrole nitrogens is 1. The summed E-state index contributed by atoms with van der Waals surface area (Å²) < 4.78 is 27.3. The molecular formula is C11H16N5O8P. The fourth-order valence-corrected chi connectivity index (χ4v) is 2.66. The topological polar surface area (TPSA) is 189 Å². The predicted octanol–water partition coefficient (Wildman–Crippen LogP) is -0.105. The summed E-state index contributed by atoms with van der Waals surface area (Å²) in [7, 11) is -4.73. The zero-order valence-electron chi connectivity index (χ0n) is 13.0. The van der Waals surface area contributed by atoms with Crippen LogP contribution in [0, 0.1) is 6.92 Å². The second kappa shape index (κ2) is 7.93. The molecule has 1 fully saturated rings. The molecule has 0 aliphatic carbocycles. The number of phosphoric ester groups is 1. The lowest BCUT2D eigenvalue weighted by Gasteiger charge is -2.18. The van der Waals surface area contributed by atoms with Gasteiger partial charge in [-0.15, -0.1) is 0 Å². The van der Waals surface area contributed by atoms with Crippen molar-refractivity contribution in [2.24, 2.45) is 5.11 Å². The Kier molecular flexibility index (Phi) is 6.14. The van der Waals surface area contributed by atoms with Crippen molar-refractivity contribution in [2.75, 3.05) is 13.3 Å². The first kappa shape index (κ1) is 19.3. The van der Waals surface area contributed by atoms with E-state index in [9.17, 15) is 14.2 Å². The summed E-state index contributed by atoms with van der Waals surface area (Å²) in [6.07, 6.45) is -1.11. The van der Waals surface area contributed by atoms with E-state index in [0.29, 0.717) is 0 Å². The van der Waals surface area contributed by atoms with E-state index < -0.39 is 44.1 Å². The van der Waals surface area contributed by atoms with Gasteiger partial charge in [0.2, 0.25) is 0 Å². The Bertz CT molecular complexity index is 824. The molecule has 1 aromatic rings. The largest absolute Gasteiger partial charge is 0.469 e. The minimum Gasteiger partial charge on any atom is -0.369 e. The van der Waals surface area contributed by atoms with Gasteiger partial charge in [-0.25, -0.2) is 9.36 Å². The zero-order valence-corrected chi connectivity index (χ0v) is 13.9. The smallest absolute Gasteiger partial charge is 0.369 e. The third kappa shape index (κ3) is 5.25. The number of nitrogens with zero attached hydrogens (tertiary/aromatic N) is 4. The Labute approximate surface area is 140 Å². The second-order valence-corrected chi connectivity index (χ2v) is 6.43. The number of hydrogen-bond donors (Lipinski definition) is 3. The standard InChI is InChI=1S/C11H16N5O8P/c1-6-3-16(11(18)14-10(6)17)9-2-7(22-5-13-15-12)8(24-9)4-23-25(19,20)21/h3,7-9H,2,4-5H2,1H3,(H,14,17,18)(H2,19,20,21)/t7?,8-,9-/m1/s1. The van der Waals surface area contributed by atoms with E-state index in [0.717, 1.165) is 4.57 Å². The molecule has 1 saturated heterocycles. The SMILES string of the molecule is Cc1cn([C@H]2CC(OCN=[N+]=[N-])[C@@H](COP(=O)(O)O)O2)c(=O)[nH]c1=O. The summed E-state index contributed by atoms with van der Waals surface area (Å²) in [5, 5.41) is 3.21. The molecule has 0 amide bonds. The molecule has 25 heavy (non-hydrogen) atoms. The summed E-state index contributed by atoms with van der Waals surface area (Å²) in [4.78, 5) is 45.6. The lowest BCUT2D eigenvalue weighted by atomic mass is 10.2. The molecule has 1 aliphatic rings. The average molecular weight is 377 g/mol. The van der Waals surface area contributed by atoms with E-state index in [4.69, 9.17) is 24.8 Å². The van der Waals surface area contributed by atoms with Gasteiger partial charge in [0.15, 0.2) is 0 Å². The Morgan fingerprint density at radius 3 is 2.92 bits per heavy atom. The van der Waals surface area contributed by atoms with Crippen LogP contribution in [0.3, 0.4) is 0 Å². The number of ether oxygens (including phenoxy) is 2. The van der Waals surface area contributed by atoms with E-state index in [1.165, 1.54) is 13.1 Å². The van der Waals surface area contributed by atoms with Crippen molar-refractivity contribution in [3.05, 3.63) is 43.0 Å². The van der Waals surface area contributed by atoms with Crippen LogP contribution in [0.2, 0.25) is 0 Å². The van der Waals surface area contributed by atoms with E-state index in [1.807, 2.05) is 0 Å². The molecule has 138 valence electrons. The summed E-state index contributed by atoms with van der Waals surface area (Å²) in [5.41, 5.74) is 7.33. The number of nitrogens with one attached hydrogen (secondary N) is 1. The average Bonchev–Trinajstić information content (AvgIpc) is 2.91. The van der Waals surface area contributed by atoms with Crippen molar-refractivity contribution in [1.82, 2.24) is 9.55 Å². The van der Waals surface area contributed by atoms with Gasteiger partial charge >= 0.3 is 13.5 Å². The number of azide groups is 1. The highest BCUT2D eigenvalue weighted by Crippen LogP contribution is 2.38. The molecule has 0 spiro atoms. The van der Waals surface area contributed by atoms with Crippen LogP contribution in [-0.4, -0.2) is 44.9 Å². The van der Waals surface area contributed by atoms with Crippen molar-refractivity contribution in [3.63, 3.8) is 0 Å². The van der Waals surface area contributed by atoms with Gasteiger partial charge in [-0.2, -0.15) is 0 Å². The lowest BCUT2D eigenvalue weighted by molar-refractivity contribution is -0.0602. The van der Waals surface area contributed by atoms with E-state index >= 15 is 0 Å². The summed E-state index contributed by atoms with van der Waals surface area (Å²) in [6, 6.07) is 0. The molecule has 1 unspecified atom stereocenters. The Morgan fingerprint density at radius 2 is 2.28 bits per heavy atom. The Hall–Kier alpha value is -1.98. The monoisotopic (exact) mass is 377 g/mol. The summed E-state index contributed by atoms with van der Waals surface area (Å²) in [5.74, 6) is 0. The predicted molar refractivity (Wildman–Crippen MR) is 81.5 cm³/mol. The van der Waals surface area contributed by atoms with Crippen LogP contribution in [0.4, 0.5) is 0 Å². The van der Waals surface area contributed by atoms with Crippen LogP contribution in [-0.2, 0) is 18.6 Å². The van der Waals surface area contributed by atoms with E-state index in [1.54, 1.807) is 0 Å². The van der Waals surface area contributed by atoms with Crippen molar-refractivity contribution in [3.8, 4) is 0 Å². The molecule has 2 rings (SSSR count). The van der Waals surface area contributed by atoms with Gasteiger partial charge in [-0.05, 0) is 12.5 Å². The maximum Gasteiger partial charge on any atom is 0.469 e. The third-order valence-corrected chi connectivity index (χ3v) is 3.94. The molecule has 3 atom stereocenters. The number of aromatic amines is 1. The van der Waals surface area contributed by atoms with E-state index in [-0.39, 0.29) is 18.7 Å². The highest BCUT2D eigenvalue weighted by molar-refractivity contribution is 7.46. The maximum absolute atomic E-state index is 11.9. The molecule has 1 aromatic heterocycles. The lowest BCUT2D eigenvalue weighted by Crippen LogP contribution is -2.33. The minimum absolute atomic E-state index is 0.113. The van der Waals surface area contributed by atoms with Gasteiger partial charge < -0.3 is 19.3 Å².